The molecule has 2 bridgehead atoms. The van der Waals surface area contributed by atoms with Crippen LogP contribution in [0, 0.1) is 11.8 Å². The van der Waals surface area contributed by atoms with Gasteiger partial charge in [0.15, 0.2) is 0 Å². The standard InChI is InChI=1S/C27H31ClF3NO3/c28-25-23-9-1-16(11-12-32-20-5-6-21(32)15-18(14-20)26(33)34)13-17(23)2-10-24(25)35-22-7-3-19(4-8-22)27(29,30)31/h1-2,9-10,13,18-22H,3-8,11-12,14-15H2,(H,33,34). The van der Waals surface area contributed by atoms with Gasteiger partial charge >= 0.3 is 12.1 Å². The Bertz CT molecular complexity index is 1070. The number of hydrogen-bond donors (Lipinski definition) is 1. The summed E-state index contributed by atoms with van der Waals surface area (Å²) in [5.74, 6) is -1.57. The maximum atomic E-state index is 12.9. The summed E-state index contributed by atoms with van der Waals surface area (Å²) < 4.78 is 44.8. The number of ether oxygens (including phenoxy) is 1. The summed E-state index contributed by atoms with van der Waals surface area (Å²) in [5, 5.41) is 11.8. The summed E-state index contributed by atoms with van der Waals surface area (Å²) in [6, 6.07) is 10.7. The van der Waals surface area contributed by atoms with Crippen LogP contribution in [0.4, 0.5) is 13.2 Å². The Morgan fingerprint density at radius 2 is 1.71 bits per heavy atom. The second-order valence-electron chi connectivity index (χ2n) is 10.4. The first-order valence-corrected chi connectivity index (χ1v) is 13.0. The van der Waals surface area contributed by atoms with Crippen molar-refractivity contribution in [1.82, 2.24) is 4.90 Å². The highest BCUT2D eigenvalue weighted by molar-refractivity contribution is 6.37. The molecule has 2 atom stereocenters. The lowest BCUT2D eigenvalue weighted by Gasteiger charge is -2.37. The molecule has 0 spiro atoms. The Labute approximate surface area is 208 Å². The fourth-order valence-electron chi connectivity index (χ4n) is 6.35. The number of benzene rings is 2. The van der Waals surface area contributed by atoms with E-state index in [1.165, 1.54) is 5.56 Å². The van der Waals surface area contributed by atoms with Crippen LogP contribution in [0.5, 0.6) is 5.75 Å². The number of rotatable bonds is 6. The van der Waals surface area contributed by atoms with Gasteiger partial charge in [-0.3, -0.25) is 9.69 Å². The Morgan fingerprint density at radius 3 is 2.34 bits per heavy atom. The molecule has 2 aromatic carbocycles. The zero-order valence-electron chi connectivity index (χ0n) is 19.6. The molecule has 1 N–H and O–H groups in total. The SMILES string of the molecule is O=C(O)C1CC2CCC(C1)N2CCc1ccc2c(Cl)c(OC3CCC(C(F)(F)F)CC3)ccc2c1. The largest absolute Gasteiger partial charge is 0.489 e. The van der Waals surface area contributed by atoms with Crippen molar-refractivity contribution in [1.29, 1.82) is 0 Å². The zero-order valence-corrected chi connectivity index (χ0v) is 20.3. The van der Waals surface area contributed by atoms with Gasteiger partial charge in [0.05, 0.1) is 23.0 Å². The lowest BCUT2D eigenvalue weighted by molar-refractivity contribution is -0.185. The number of aliphatic carboxylic acids is 1. The van der Waals surface area contributed by atoms with E-state index in [0.717, 1.165) is 49.4 Å². The van der Waals surface area contributed by atoms with Crippen LogP contribution in [0.25, 0.3) is 10.8 Å². The van der Waals surface area contributed by atoms with Crippen molar-refractivity contribution in [3.63, 3.8) is 0 Å². The third kappa shape index (κ3) is 5.26. The first-order valence-electron chi connectivity index (χ1n) is 12.6. The Kier molecular flexibility index (Phi) is 6.92. The molecule has 3 aliphatic rings. The molecule has 8 heteroatoms. The monoisotopic (exact) mass is 509 g/mol. The normalized spacial score (nSPS) is 29.4. The molecule has 3 fully saturated rings. The smallest absolute Gasteiger partial charge is 0.391 e. The molecule has 2 heterocycles. The molecule has 5 rings (SSSR count). The zero-order chi connectivity index (χ0) is 24.7. The molecule has 1 saturated carbocycles. The first-order chi connectivity index (χ1) is 16.7. The minimum atomic E-state index is -4.13. The number of hydrogen-bond acceptors (Lipinski definition) is 3. The van der Waals surface area contributed by atoms with Crippen molar-refractivity contribution in [2.45, 2.75) is 82.2 Å². The van der Waals surface area contributed by atoms with E-state index in [1.54, 1.807) is 0 Å². The summed E-state index contributed by atoms with van der Waals surface area (Å²) >= 11 is 6.64. The molecule has 190 valence electrons. The Morgan fingerprint density at radius 1 is 1.03 bits per heavy atom. The summed E-state index contributed by atoms with van der Waals surface area (Å²) in [4.78, 5) is 13.9. The number of carboxylic acids is 1. The van der Waals surface area contributed by atoms with Gasteiger partial charge in [-0.2, -0.15) is 13.2 Å². The molecule has 2 aliphatic heterocycles. The van der Waals surface area contributed by atoms with Crippen molar-refractivity contribution < 1.29 is 27.8 Å². The summed E-state index contributed by atoms with van der Waals surface area (Å²) in [5.41, 5.74) is 1.20. The van der Waals surface area contributed by atoms with E-state index in [2.05, 4.69) is 17.0 Å². The van der Waals surface area contributed by atoms with E-state index in [0.29, 0.717) is 35.7 Å². The maximum Gasteiger partial charge on any atom is 0.391 e. The van der Waals surface area contributed by atoms with Gasteiger partial charge in [0, 0.05) is 24.0 Å². The van der Waals surface area contributed by atoms with Crippen LogP contribution in [0.1, 0.15) is 56.9 Å². The lowest BCUT2D eigenvalue weighted by atomic mass is 9.87. The highest BCUT2D eigenvalue weighted by Crippen LogP contribution is 2.41. The van der Waals surface area contributed by atoms with E-state index in [-0.39, 0.29) is 24.9 Å². The number of carboxylic acid groups (broad SMARTS) is 1. The fourth-order valence-corrected chi connectivity index (χ4v) is 6.63. The van der Waals surface area contributed by atoms with Gasteiger partial charge in [-0.1, -0.05) is 35.9 Å². The van der Waals surface area contributed by atoms with Crippen LogP contribution in [-0.2, 0) is 11.2 Å². The fraction of sp³-hybridized carbons (Fsp3) is 0.593. The number of halogens is 4. The number of nitrogens with zero attached hydrogens (tertiary/aromatic N) is 1. The molecular weight excluding hydrogens is 479 g/mol. The minimum absolute atomic E-state index is 0.0957. The average Bonchev–Trinajstić information content (AvgIpc) is 3.05. The van der Waals surface area contributed by atoms with E-state index in [9.17, 15) is 23.1 Å². The van der Waals surface area contributed by atoms with Crippen LogP contribution < -0.4 is 4.74 Å². The van der Waals surface area contributed by atoms with E-state index < -0.39 is 18.1 Å². The molecule has 4 nitrogen and oxygen atoms in total. The molecule has 0 aromatic heterocycles. The van der Waals surface area contributed by atoms with Crippen molar-refractivity contribution in [3.8, 4) is 5.75 Å². The third-order valence-corrected chi connectivity index (χ3v) is 8.70. The summed E-state index contributed by atoms with van der Waals surface area (Å²) in [7, 11) is 0. The van der Waals surface area contributed by atoms with E-state index in [4.69, 9.17) is 16.3 Å². The quantitative estimate of drug-likeness (QED) is 0.462. The second kappa shape index (κ2) is 9.81. The van der Waals surface area contributed by atoms with Crippen LogP contribution >= 0.6 is 11.6 Å². The minimum Gasteiger partial charge on any atom is -0.489 e. The molecule has 35 heavy (non-hydrogen) atoms. The molecule has 2 saturated heterocycles. The van der Waals surface area contributed by atoms with Gasteiger partial charge in [-0.15, -0.1) is 0 Å². The second-order valence-corrected chi connectivity index (χ2v) is 10.8. The predicted octanol–water partition coefficient (Wildman–Crippen LogP) is 6.86. The average molecular weight is 510 g/mol. The lowest BCUT2D eigenvalue weighted by Crippen LogP contribution is -2.45. The summed E-state index contributed by atoms with van der Waals surface area (Å²) in [6.45, 7) is 0.919. The van der Waals surface area contributed by atoms with Gasteiger partial charge in [0.2, 0.25) is 0 Å². The number of carbonyl (C=O) groups is 1. The maximum absolute atomic E-state index is 12.9. The van der Waals surface area contributed by atoms with Crippen LogP contribution in [-0.4, -0.2) is 46.9 Å². The van der Waals surface area contributed by atoms with Crippen molar-refractivity contribution >= 4 is 28.3 Å². The predicted molar refractivity (Wildman–Crippen MR) is 129 cm³/mol. The van der Waals surface area contributed by atoms with Gasteiger partial charge in [0.1, 0.15) is 5.75 Å². The molecule has 1 aliphatic carbocycles. The van der Waals surface area contributed by atoms with Crippen LogP contribution in [0.15, 0.2) is 30.3 Å². The number of alkyl halides is 3. The molecule has 2 unspecified atom stereocenters. The van der Waals surface area contributed by atoms with Gasteiger partial charge in [0.25, 0.3) is 0 Å². The Hall–Kier alpha value is -1.99. The molecular formula is C27H31ClF3NO3. The van der Waals surface area contributed by atoms with Crippen LogP contribution in [0.2, 0.25) is 5.02 Å². The van der Waals surface area contributed by atoms with Gasteiger partial charge in [-0.25, -0.2) is 0 Å². The Balaban J connectivity index is 1.21. The number of fused-ring (bicyclic) bond motifs is 3. The number of piperidine rings is 1. The topological polar surface area (TPSA) is 49.8 Å². The third-order valence-electron chi connectivity index (χ3n) is 8.31. The van der Waals surface area contributed by atoms with E-state index in [1.807, 2.05) is 18.2 Å². The molecule has 2 aromatic rings. The summed E-state index contributed by atoms with van der Waals surface area (Å²) in [6.07, 6.45) is 1.13. The molecule has 0 radical (unpaired) electrons. The van der Waals surface area contributed by atoms with Gasteiger partial charge < -0.3 is 9.84 Å². The van der Waals surface area contributed by atoms with Crippen molar-refractivity contribution in [2.24, 2.45) is 11.8 Å². The van der Waals surface area contributed by atoms with Crippen LogP contribution in [0.3, 0.4) is 0 Å². The highest BCUT2D eigenvalue weighted by atomic mass is 35.5. The van der Waals surface area contributed by atoms with Crippen molar-refractivity contribution in [3.05, 3.63) is 40.9 Å². The highest BCUT2D eigenvalue weighted by Gasteiger charge is 2.43. The molecule has 0 amide bonds. The van der Waals surface area contributed by atoms with Gasteiger partial charge in [-0.05, 0) is 74.8 Å². The first kappa shape index (κ1) is 24.7. The van der Waals surface area contributed by atoms with E-state index >= 15 is 0 Å². The van der Waals surface area contributed by atoms with Crippen molar-refractivity contribution in [2.75, 3.05) is 6.54 Å².